The molecule has 2 atom stereocenters. The van der Waals surface area contributed by atoms with E-state index in [0.717, 1.165) is 13.0 Å². The maximum Gasteiger partial charge on any atom is 0.0705 e. The third-order valence-electron chi connectivity index (χ3n) is 4.26. The highest BCUT2D eigenvalue weighted by molar-refractivity contribution is 5.56. The van der Waals surface area contributed by atoms with Crippen molar-refractivity contribution >= 4 is 5.69 Å². The first-order chi connectivity index (χ1) is 10.3. The first-order valence-electron chi connectivity index (χ1n) is 7.77. The van der Waals surface area contributed by atoms with Crippen LogP contribution in [0.25, 0.3) is 0 Å². The molecule has 0 spiro atoms. The molecule has 0 radical (unpaired) electrons. The van der Waals surface area contributed by atoms with Crippen LogP contribution in [0.1, 0.15) is 36.9 Å². The van der Waals surface area contributed by atoms with Crippen molar-refractivity contribution in [2.45, 2.75) is 38.3 Å². The van der Waals surface area contributed by atoms with Crippen molar-refractivity contribution in [1.82, 2.24) is 4.98 Å². The van der Waals surface area contributed by atoms with Crippen LogP contribution in [-0.2, 0) is 6.42 Å². The Labute approximate surface area is 126 Å². The molecule has 2 N–H and O–H groups in total. The summed E-state index contributed by atoms with van der Waals surface area (Å²) >= 11 is 0. The third-order valence-corrected chi connectivity index (χ3v) is 4.26. The summed E-state index contributed by atoms with van der Waals surface area (Å²) in [4.78, 5) is 6.76. The molecule has 0 aliphatic carbocycles. The largest absolute Gasteiger partial charge is 0.363 e. The molecule has 3 rings (SSSR count). The van der Waals surface area contributed by atoms with Gasteiger partial charge in [-0.15, -0.1) is 0 Å². The number of hydrogen-bond acceptors (Lipinski definition) is 3. The van der Waals surface area contributed by atoms with Crippen LogP contribution in [0.15, 0.2) is 48.8 Å². The number of pyridine rings is 1. The summed E-state index contributed by atoms with van der Waals surface area (Å²) in [5.74, 6) is 0. The minimum absolute atomic E-state index is 0.0559. The van der Waals surface area contributed by atoms with Gasteiger partial charge in [-0.25, -0.2) is 0 Å². The van der Waals surface area contributed by atoms with E-state index in [0.29, 0.717) is 0 Å². The molecule has 0 saturated heterocycles. The maximum atomic E-state index is 6.34. The molecule has 1 aliphatic heterocycles. The highest BCUT2D eigenvalue weighted by Crippen LogP contribution is 2.34. The number of anilines is 1. The van der Waals surface area contributed by atoms with Gasteiger partial charge in [0.05, 0.1) is 6.04 Å². The van der Waals surface area contributed by atoms with Crippen molar-refractivity contribution in [2.24, 2.45) is 5.73 Å². The van der Waals surface area contributed by atoms with Gasteiger partial charge in [0, 0.05) is 30.7 Å². The van der Waals surface area contributed by atoms with E-state index in [9.17, 15) is 0 Å². The van der Waals surface area contributed by atoms with Gasteiger partial charge in [0.15, 0.2) is 0 Å². The number of benzene rings is 1. The molecular weight excluding hydrogens is 258 g/mol. The summed E-state index contributed by atoms with van der Waals surface area (Å²) in [6.07, 6.45) is 7.37. The number of fused-ring (bicyclic) bond motifs is 1. The van der Waals surface area contributed by atoms with E-state index in [2.05, 4.69) is 47.1 Å². The number of aromatic nitrogens is 1. The Kier molecular flexibility index (Phi) is 4.20. The number of aryl methyl sites for hydroxylation is 1. The summed E-state index contributed by atoms with van der Waals surface area (Å²) in [6, 6.07) is 13.1. The number of nitrogens with zero attached hydrogens (tertiary/aromatic N) is 2. The predicted octanol–water partition coefficient (Wildman–Crippen LogP) is 3.31. The van der Waals surface area contributed by atoms with E-state index in [1.54, 1.807) is 0 Å². The lowest BCUT2D eigenvalue weighted by Crippen LogP contribution is -2.40. The average Bonchev–Trinajstić information content (AvgIpc) is 2.71. The van der Waals surface area contributed by atoms with Gasteiger partial charge in [0.25, 0.3) is 0 Å². The molecular formula is C18H23N3. The Morgan fingerprint density at radius 2 is 2.00 bits per heavy atom. The van der Waals surface area contributed by atoms with E-state index in [1.165, 1.54) is 29.7 Å². The summed E-state index contributed by atoms with van der Waals surface area (Å²) in [6.45, 7) is 3.14. The Morgan fingerprint density at radius 3 is 2.76 bits per heavy atom. The van der Waals surface area contributed by atoms with Crippen LogP contribution >= 0.6 is 0 Å². The zero-order chi connectivity index (χ0) is 14.7. The Balaban J connectivity index is 2.03. The lowest BCUT2D eigenvalue weighted by Gasteiger charge is -2.36. The standard InChI is InChI=1S/C18H23N3/c1-14(19)18(16-9-6-11-20-13-16)21-12-5-4-8-15-7-2-3-10-17(15)21/h2-3,6-7,9-11,13-14,18H,4-5,8,12,19H2,1H3. The molecule has 0 fully saturated rings. The summed E-state index contributed by atoms with van der Waals surface area (Å²) < 4.78 is 0. The smallest absolute Gasteiger partial charge is 0.0705 e. The highest BCUT2D eigenvalue weighted by Gasteiger charge is 2.27. The Morgan fingerprint density at radius 1 is 1.14 bits per heavy atom. The second kappa shape index (κ2) is 6.27. The first kappa shape index (κ1) is 14.1. The van der Waals surface area contributed by atoms with Crippen LogP contribution in [0, 0.1) is 0 Å². The second-order valence-corrected chi connectivity index (χ2v) is 5.87. The minimum atomic E-state index is 0.0559. The molecule has 21 heavy (non-hydrogen) atoms. The van der Waals surface area contributed by atoms with Gasteiger partial charge in [-0.2, -0.15) is 0 Å². The van der Waals surface area contributed by atoms with E-state index in [4.69, 9.17) is 5.73 Å². The zero-order valence-corrected chi connectivity index (χ0v) is 12.6. The summed E-state index contributed by atoms with van der Waals surface area (Å²) in [5, 5.41) is 0. The predicted molar refractivity (Wildman–Crippen MR) is 87.4 cm³/mol. The fourth-order valence-corrected chi connectivity index (χ4v) is 3.33. The molecule has 0 saturated carbocycles. The molecule has 0 bridgehead atoms. The molecule has 2 heterocycles. The molecule has 1 aliphatic rings. The van der Waals surface area contributed by atoms with Crippen LogP contribution in [0.3, 0.4) is 0 Å². The van der Waals surface area contributed by atoms with Gasteiger partial charge in [-0.05, 0) is 49.4 Å². The molecule has 1 aromatic carbocycles. The van der Waals surface area contributed by atoms with Crippen molar-refractivity contribution in [3.8, 4) is 0 Å². The van der Waals surface area contributed by atoms with E-state index in [1.807, 2.05) is 18.5 Å². The molecule has 3 heteroatoms. The molecule has 2 aromatic rings. The van der Waals surface area contributed by atoms with Crippen LogP contribution in [0.4, 0.5) is 5.69 Å². The minimum Gasteiger partial charge on any atom is -0.363 e. The van der Waals surface area contributed by atoms with E-state index >= 15 is 0 Å². The lowest BCUT2D eigenvalue weighted by atomic mass is 9.99. The normalized spacial score (nSPS) is 17.7. The first-order valence-corrected chi connectivity index (χ1v) is 7.77. The zero-order valence-electron chi connectivity index (χ0n) is 12.6. The monoisotopic (exact) mass is 281 g/mol. The van der Waals surface area contributed by atoms with Crippen LogP contribution in [-0.4, -0.2) is 17.6 Å². The molecule has 2 unspecified atom stereocenters. The molecule has 110 valence electrons. The van der Waals surface area contributed by atoms with Crippen molar-refractivity contribution in [2.75, 3.05) is 11.4 Å². The van der Waals surface area contributed by atoms with Gasteiger partial charge in [-0.3, -0.25) is 4.98 Å². The summed E-state index contributed by atoms with van der Waals surface area (Å²) in [5.41, 5.74) is 10.3. The second-order valence-electron chi connectivity index (χ2n) is 5.87. The number of hydrogen-bond donors (Lipinski definition) is 1. The third kappa shape index (κ3) is 2.93. The summed E-state index contributed by atoms with van der Waals surface area (Å²) in [7, 11) is 0. The van der Waals surface area contributed by atoms with Crippen molar-refractivity contribution < 1.29 is 0 Å². The number of para-hydroxylation sites is 1. The topological polar surface area (TPSA) is 42.1 Å². The van der Waals surface area contributed by atoms with Crippen LogP contribution in [0.2, 0.25) is 0 Å². The van der Waals surface area contributed by atoms with E-state index in [-0.39, 0.29) is 12.1 Å². The molecule has 0 amide bonds. The van der Waals surface area contributed by atoms with E-state index < -0.39 is 0 Å². The Hall–Kier alpha value is -1.87. The molecule has 3 nitrogen and oxygen atoms in total. The van der Waals surface area contributed by atoms with Gasteiger partial charge in [-0.1, -0.05) is 24.3 Å². The average molecular weight is 281 g/mol. The van der Waals surface area contributed by atoms with Crippen molar-refractivity contribution in [3.05, 3.63) is 59.9 Å². The number of rotatable bonds is 3. The van der Waals surface area contributed by atoms with Crippen molar-refractivity contribution in [1.29, 1.82) is 0 Å². The highest BCUT2D eigenvalue weighted by atomic mass is 15.2. The van der Waals surface area contributed by atoms with Gasteiger partial charge >= 0.3 is 0 Å². The van der Waals surface area contributed by atoms with Gasteiger partial charge < -0.3 is 10.6 Å². The van der Waals surface area contributed by atoms with Gasteiger partial charge in [0.1, 0.15) is 0 Å². The molecule has 1 aromatic heterocycles. The quantitative estimate of drug-likeness (QED) is 0.938. The lowest BCUT2D eigenvalue weighted by molar-refractivity contribution is 0.523. The fourth-order valence-electron chi connectivity index (χ4n) is 3.33. The van der Waals surface area contributed by atoms with Crippen molar-refractivity contribution in [3.63, 3.8) is 0 Å². The maximum absolute atomic E-state index is 6.34. The van der Waals surface area contributed by atoms with Gasteiger partial charge in [0.2, 0.25) is 0 Å². The fraction of sp³-hybridized carbons (Fsp3) is 0.389. The van der Waals surface area contributed by atoms with Crippen LogP contribution in [0.5, 0.6) is 0 Å². The Bertz CT molecular complexity index is 580. The van der Waals surface area contributed by atoms with Crippen LogP contribution < -0.4 is 10.6 Å². The number of nitrogens with two attached hydrogens (primary N) is 1. The SMILES string of the molecule is CC(N)C(c1cccnc1)N1CCCCc2ccccc21.